The molecular weight excluding hydrogens is 246 g/mol. The van der Waals surface area contributed by atoms with Crippen molar-refractivity contribution < 1.29 is 24.9 Å². The highest BCUT2D eigenvalue weighted by Crippen LogP contribution is 2.28. The van der Waals surface area contributed by atoms with Gasteiger partial charge in [0, 0.05) is 0 Å². The van der Waals surface area contributed by atoms with Crippen LogP contribution in [0.3, 0.4) is 0 Å². The molecule has 0 aliphatic carbocycles. The average molecular weight is 259 g/mol. The SMILES string of the molecule is NC(=O)Cc1nnnn1C1OC(CO)C(O)C1O. The third kappa shape index (κ3) is 2.18. The third-order valence-electron chi connectivity index (χ3n) is 2.65. The zero-order chi connectivity index (χ0) is 13.3. The molecule has 0 radical (unpaired) electrons. The number of hydrogen-bond acceptors (Lipinski definition) is 8. The standard InChI is InChI=1S/C8H13N5O5/c9-4(15)1-5-10-11-12-13(5)8-7(17)6(16)3(2-14)18-8/h3,6-8,14,16-17H,1-2H2,(H2,9,15). The van der Waals surface area contributed by atoms with E-state index in [1.165, 1.54) is 0 Å². The summed E-state index contributed by atoms with van der Waals surface area (Å²) in [4.78, 5) is 10.8. The van der Waals surface area contributed by atoms with Gasteiger partial charge in [-0.05, 0) is 10.4 Å². The Morgan fingerprint density at radius 1 is 1.44 bits per heavy atom. The summed E-state index contributed by atoms with van der Waals surface area (Å²) in [7, 11) is 0. The van der Waals surface area contributed by atoms with E-state index in [1.807, 2.05) is 0 Å². The lowest BCUT2D eigenvalue weighted by atomic mass is 10.1. The van der Waals surface area contributed by atoms with Crippen LogP contribution < -0.4 is 5.73 Å². The van der Waals surface area contributed by atoms with E-state index in [4.69, 9.17) is 15.6 Å². The number of carbonyl (C=O) groups excluding carboxylic acids is 1. The molecule has 0 spiro atoms. The van der Waals surface area contributed by atoms with Gasteiger partial charge in [-0.3, -0.25) is 4.79 Å². The molecule has 4 atom stereocenters. The fourth-order valence-corrected chi connectivity index (χ4v) is 1.76. The van der Waals surface area contributed by atoms with Crippen molar-refractivity contribution in [2.75, 3.05) is 6.61 Å². The topological polar surface area (TPSA) is 157 Å². The first kappa shape index (κ1) is 12.8. The first-order valence-electron chi connectivity index (χ1n) is 5.22. The highest BCUT2D eigenvalue weighted by Gasteiger charge is 2.44. The molecular formula is C8H13N5O5. The zero-order valence-corrected chi connectivity index (χ0v) is 9.25. The number of hydrogen-bond donors (Lipinski definition) is 4. The normalized spacial score (nSPS) is 31.7. The van der Waals surface area contributed by atoms with Gasteiger partial charge >= 0.3 is 0 Å². The van der Waals surface area contributed by atoms with Crippen LogP contribution in [0.4, 0.5) is 0 Å². The van der Waals surface area contributed by atoms with Crippen molar-refractivity contribution in [3.8, 4) is 0 Å². The van der Waals surface area contributed by atoms with Crippen LogP contribution in [0.15, 0.2) is 0 Å². The number of aliphatic hydroxyl groups is 3. The predicted octanol–water partition coefficient (Wildman–Crippen LogP) is -3.69. The van der Waals surface area contributed by atoms with E-state index in [9.17, 15) is 15.0 Å². The van der Waals surface area contributed by atoms with Crippen LogP contribution in [0, 0.1) is 0 Å². The minimum absolute atomic E-state index is 0.109. The highest BCUT2D eigenvalue weighted by atomic mass is 16.6. The summed E-state index contributed by atoms with van der Waals surface area (Å²) in [5, 5.41) is 38.8. The van der Waals surface area contributed by atoms with Gasteiger partial charge in [-0.15, -0.1) is 5.10 Å². The number of nitrogens with zero attached hydrogens (tertiary/aromatic N) is 4. The minimum Gasteiger partial charge on any atom is -0.394 e. The second kappa shape index (κ2) is 4.94. The molecule has 18 heavy (non-hydrogen) atoms. The number of rotatable bonds is 4. The van der Waals surface area contributed by atoms with E-state index in [-0.39, 0.29) is 12.2 Å². The van der Waals surface area contributed by atoms with Crippen molar-refractivity contribution in [3.05, 3.63) is 5.82 Å². The van der Waals surface area contributed by atoms with Crippen LogP contribution in [-0.2, 0) is 16.0 Å². The zero-order valence-electron chi connectivity index (χ0n) is 9.25. The number of aliphatic hydroxyl groups excluding tert-OH is 3. The second-order valence-electron chi connectivity index (χ2n) is 3.91. The van der Waals surface area contributed by atoms with Gasteiger partial charge in [0.1, 0.15) is 18.3 Å². The summed E-state index contributed by atoms with van der Waals surface area (Å²) >= 11 is 0. The Labute approximate surface area is 101 Å². The van der Waals surface area contributed by atoms with Gasteiger partial charge in [0.05, 0.1) is 13.0 Å². The Morgan fingerprint density at radius 2 is 2.17 bits per heavy atom. The molecule has 1 aromatic heterocycles. The summed E-state index contributed by atoms with van der Waals surface area (Å²) < 4.78 is 6.28. The average Bonchev–Trinajstić information content (AvgIpc) is 2.86. The lowest BCUT2D eigenvalue weighted by Gasteiger charge is -2.15. The van der Waals surface area contributed by atoms with Crippen LogP contribution in [-0.4, -0.2) is 66.4 Å². The van der Waals surface area contributed by atoms with Crippen molar-refractivity contribution in [1.29, 1.82) is 0 Å². The van der Waals surface area contributed by atoms with Crippen molar-refractivity contribution in [2.24, 2.45) is 5.73 Å². The molecule has 0 saturated carbocycles. The smallest absolute Gasteiger partial charge is 0.225 e. The molecule has 1 saturated heterocycles. The Morgan fingerprint density at radius 3 is 2.72 bits per heavy atom. The molecule has 1 amide bonds. The maximum atomic E-state index is 10.8. The molecule has 1 fully saturated rings. The van der Waals surface area contributed by atoms with Gasteiger partial charge < -0.3 is 25.8 Å². The third-order valence-corrected chi connectivity index (χ3v) is 2.65. The molecule has 0 bridgehead atoms. The lowest BCUT2D eigenvalue weighted by molar-refractivity contribution is -0.117. The van der Waals surface area contributed by atoms with Crippen LogP contribution in [0.1, 0.15) is 12.1 Å². The molecule has 10 nitrogen and oxygen atoms in total. The van der Waals surface area contributed by atoms with E-state index in [0.29, 0.717) is 0 Å². The molecule has 1 aliphatic rings. The van der Waals surface area contributed by atoms with Crippen molar-refractivity contribution >= 4 is 5.91 Å². The molecule has 1 aliphatic heterocycles. The lowest BCUT2D eigenvalue weighted by Crippen LogP contribution is -2.33. The Kier molecular flexibility index (Phi) is 3.52. The predicted molar refractivity (Wildman–Crippen MR) is 53.7 cm³/mol. The van der Waals surface area contributed by atoms with Gasteiger partial charge in [-0.25, -0.2) is 0 Å². The van der Waals surface area contributed by atoms with Crippen LogP contribution in [0.25, 0.3) is 0 Å². The van der Waals surface area contributed by atoms with Crippen LogP contribution in [0.2, 0.25) is 0 Å². The number of carbonyl (C=O) groups is 1. The minimum atomic E-state index is -1.31. The van der Waals surface area contributed by atoms with Crippen molar-refractivity contribution in [1.82, 2.24) is 20.2 Å². The second-order valence-corrected chi connectivity index (χ2v) is 3.91. The molecule has 100 valence electrons. The number of primary amides is 1. The van der Waals surface area contributed by atoms with Crippen molar-refractivity contribution in [3.63, 3.8) is 0 Å². The summed E-state index contributed by atoms with van der Waals surface area (Å²) in [5.74, 6) is -0.532. The van der Waals surface area contributed by atoms with Gasteiger partial charge in [0.2, 0.25) is 5.91 Å². The molecule has 2 heterocycles. The number of aromatic nitrogens is 4. The maximum absolute atomic E-state index is 10.8. The Bertz CT molecular complexity index is 437. The fraction of sp³-hybridized carbons (Fsp3) is 0.750. The summed E-state index contributed by atoms with van der Waals surface area (Å²) in [5.41, 5.74) is 5.03. The quantitative estimate of drug-likeness (QED) is 0.430. The fourth-order valence-electron chi connectivity index (χ4n) is 1.76. The van der Waals surface area contributed by atoms with Gasteiger partial charge in [-0.1, -0.05) is 0 Å². The van der Waals surface area contributed by atoms with Crippen molar-refractivity contribution in [2.45, 2.75) is 31.0 Å². The maximum Gasteiger partial charge on any atom is 0.225 e. The Balaban J connectivity index is 2.22. The van der Waals surface area contributed by atoms with Crippen LogP contribution >= 0.6 is 0 Å². The number of tetrazole rings is 1. The van der Waals surface area contributed by atoms with Gasteiger partial charge in [0.15, 0.2) is 12.1 Å². The largest absolute Gasteiger partial charge is 0.394 e. The van der Waals surface area contributed by atoms with E-state index in [2.05, 4.69) is 15.5 Å². The molecule has 1 aromatic rings. The van der Waals surface area contributed by atoms with E-state index in [0.717, 1.165) is 4.68 Å². The monoisotopic (exact) mass is 259 g/mol. The first-order chi connectivity index (χ1) is 8.54. The number of ether oxygens (including phenoxy) is 1. The molecule has 10 heteroatoms. The van der Waals surface area contributed by atoms with Gasteiger partial charge in [-0.2, -0.15) is 4.68 Å². The Hall–Kier alpha value is -1.62. The summed E-state index contributed by atoms with van der Waals surface area (Å²) in [6, 6.07) is 0. The van der Waals surface area contributed by atoms with E-state index in [1.54, 1.807) is 0 Å². The highest BCUT2D eigenvalue weighted by molar-refractivity contribution is 5.75. The van der Waals surface area contributed by atoms with E-state index < -0.39 is 37.1 Å². The van der Waals surface area contributed by atoms with Gasteiger partial charge in [0.25, 0.3) is 0 Å². The first-order valence-corrected chi connectivity index (χ1v) is 5.22. The van der Waals surface area contributed by atoms with E-state index >= 15 is 0 Å². The summed E-state index contributed by atoms with van der Waals surface area (Å²) in [6.07, 6.45) is -4.79. The molecule has 0 aromatic carbocycles. The molecule has 5 N–H and O–H groups in total. The molecule has 4 unspecified atom stereocenters. The van der Waals surface area contributed by atoms with Crippen LogP contribution in [0.5, 0.6) is 0 Å². The number of nitrogens with two attached hydrogens (primary N) is 1. The molecule has 2 rings (SSSR count). The summed E-state index contributed by atoms with van der Waals surface area (Å²) in [6.45, 7) is -0.456. The number of amides is 1.